The second-order valence-electron chi connectivity index (χ2n) is 6.00. The Morgan fingerprint density at radius 1 is 1.36 bits per heavy atom. The number of carbonyl (C=O) groups excluding carboxylic acids is 1. The van der Waals surface area contributed by atoms with Gasteiger partial charge >= 0.3 is 0 Å². The highest BCUT2D eigenvalue weighted by atomic mass is 19.3. The summed E-state index contributed by atoms with van der Waals surface area (Å²) in [5, 5.41) is 10.8. The molecule has 2 rings (SSSR count). The first-order valence-corrected chi connectivity index (χ1v) is 7.65. The summed E-state index contributed by atoms with van der Waals surface area (Å²) in [6.07, 6.45) is 2.39. The van der Waals surface area contributed by atoms with Crippen molar-refractivity contribution in [1.29, 1.82) is 5.41 Å². The second kappa shape index (κ2) is 5.78. The number of alkyl halides is 2. The minimum Gasteiger partial charge on any atom is -0.342 e. The van der Waals surface area contributed by atoms with Gasteiger partial charge in [-0.2, -0.15) is 0 Å². The minimum atomic E-state index is -2.93. The molecule has 0 radical (unpaired) electrons. The molecule has 0 bridgehead atoms. The number of fused-ring (bicyclic) bond motifs is 1. The number of amides is 1. The third-order valence-corrected chi connectivity index (χ3v) is 4.52. The number of nitrogens with one attached hydrogen (secondary N) is 2. The lowest BCUT2D eigenvalue weighted by molar-refractivity contribution is 0.0173. The Morgan fingerprint density at radius 3 is 2.59 bits per heavy atom. The molecule has 3 nitrogen and oxygen atoms in total. The van der Waals surface area contributed by atoms with Crippen LogP contribution in [0.4, 0.5) is 8.78 Å². The molecule has 0 fully saturated rings. The van der Waals surface area contributed by atoms with Crippen molar-refractivity contribution in [2.75, 3.05) is 0 Å². The largest absolute Gasteiger partial charge is 0.342 e. The molecule has 1 aromatic carbocycles. The molecule has 120 valence electrons. The van der Waals surface area contributed by atoms with Gasteiger partial charge in [-0.1, -0.05) is 19.9 Å². The number of carbonyl (C=O) groups is 1. The van der Waals surface area contributed by atoms with Crippen LogP contribution >= 0.6 is 0 Å². The number of hydrogen-bond donors (Lipinski definition) is 2. The van der Waals surface area contributed by atoms with Gasteiger partial charge in [0.1, 0.15) is 0 Å². The van der Waals surface area contributed by atoms with E-state index in [0.717, 1.165) is 6.92 Å². The number of halogens is 2. The summed E-state index contributed by atoms with van der Waals surface area (Å²) in [5.74, 6) is -3.15. The number of rotatable bonds is 6. The van der Waals surface area contributed by atoms with E-state index in [1.807, 2.05) is 13.8 Å². The molecule has 0 aliphatic carbocycles. The number of hydrogen-bond acceptors (Lipinski definition) is 2. The lowest BCUT2D eigenvalue weighted by atomic mass is 9.82. The molecule has 1 heterocycles. The Bertz CT molecular complexity index is 607. The first-order valence-electron chi connectivity index (χ1n) is 7.65. The normalized spacial score (nSPS) is 20.7. The van der Waals surface area contributed by atoms with Crippen LogP contribution < -0.4 is 5.32 Å². The molecule has 1 amide bonds. The van der Waals surface area contributed by atoms with Crippen molar-refractivity contribution >= 4 is 11.6 Å². The molecular formula is C17H22F2N2O. The summed E-state index contributed by atoms with van der Waals surface area (Å²) in [6.45, 7) is 4.71. The van der Waals surface area contributed by atoms with Crippen molar-refractivity contribution in [3.8, 4) is 0 Å². The maximum Gasteiger partial charge on any atom is 0.270 e. The van der Waals surface area contributed by atoms with Gasteiger partial charge in [0, 0.05) is 23.8 Å². The molecule has 1 aliphatic heterocycles. The molecule has 2 N–H and O–H groups in total. The van der Waals surface area contributed by atoms with Crippen LogP contribution in [0.1, 0.15) is 67.9 Å². The van der Waals surface area contributed by atoms with Crippen LogP contribution in [0.15, 0.2) is 18.2 Å². The van der Waals surface area contributed by atoms with Gasteiger partial charge in [-0.3, -0.25) is 4.79 Å². The van der Waals surface area contributed by atoms with Crippen molar-refractivity contribution in [2.45, 2.75) is 57.9 Å². The van der Waals surface area contributed by atoms with Gasteiger partial charge in [0.2, 0.25) is 0 Å². The van der Waals surface area contributed by atoms with Gasteiger partial charge in [-0.15, -0.1) is 0 Å². The Hall–Kier alpha value is -1.78. The molecule has 0 saturated carbocycles. The van der Waals surface area contributed by atoms with Crippen molar-refractivity contribution in [3.63, 3.8) is 0 Å². The summed E-state index contributed by atoms with van der Waals surface area (Å²) >= 11 is 0. The van der Waals surface area contributed by atoms with E-state index in [9.17, 15) is 13.6 Å². The molecule has 1 aromatic rings. The zero-order valence-electron chi connectivity index (χ0n) is 13.2. The SMILES string of the molecule is CCC(=N)CCC1(CC)NC(=O)c2ccc(C(C)(F)F)cc21. The molecular weight excluding hydrogens is 286 g/mol. The van der Waals surface area contributed by atoms with Gasteiger partial charge in [0.25, 0.3) is 11.8 Å². The van der Waals surface area contributed by atoms with Crippen LogP contribution in [0.3, 0.4) is 0 Å². The lowest BCUT2D eigenvalue weighted by Gasteiger charge is -2.30. The highest BCUT2D eigenvalue weighted by Crippen LogP contribution is 2.40. The van der Waals surface area contributed by atoms with Crippen LogP contribution in [0, 0.1) is 5.41 Å². The maximum absolute atomic E-state index is 13.6. The minimum absolute atomic E-state index is 0.0776. The fourth-order valence-electron chi connectivity index (χ4n) is 2.96. The summed E-state index contributed by atoms with van der Waals surface area (Å²) < 4.78 is 27.2. The zero-order chi connectivity index (χ0) is 16.5. The van der Waals surface area contributed by atoms with E-state index in [1.54, 1.807) is 0 Å². The first-order chi connectivity index (χ1) is 10.2. The van der Waals surface area contributed by atoms with E-state index < -0.39 is 11.5 Å². The standard InChI is InChI=1S/C17H22F2N2O/c1-4-12(20)8-9-17(5-2)14-10-11(16(3,18)19)6-7-13(14)15(22)21-17/h6-7,10,20H,4-5,8-9H2,1-3H3,(H,21,22). The van der Waals surface area contributed by atoms with E-state index >= 15 is 0 Å². The molecule has 1 unspecified atom stereocenters. The lowest BCUT2D eigenvalue weighted by Crippen LogP contribution is -2.39. The van der Waals surface area contributed by atoms with Crippen molar-refractivity contribution in [2.24, 2.45) is 0 Å². The highest BCUT2D eigenvalue weighted by molar-refractivity contribution is 6.00. The van der Waals surface area contributed by atoms with E-state index in [1.165, 1.54) is 18.2 Å². The molecule has 5 heteroatoms. The van der Waals surface area contributed by atoms with Crippen LogP contribution in [-0.4, -0.2) is 11.6 Å². The average molecular weight is 308 g/mol. The predicted molar refractivity (Wildman–Crippen MR) is 82.7 cm³/mol. The Morgan fingerprint density at radius 2 is 2.05 bits per heavy atom. The van der Waals surface area contributed by atoms with Crippen LogP contribution in [-0.2, 0) is 11.5 Å². The van der Waals surface area contributed by atoms with Gasteiger partial charge in [0.15, 0.2) is 0 Å². The van der Waals surface area contributed by atoms with Gasteiger partial charge in [-0.25, -0.2) is 8.78 Å². The Balaban J connectivity index is 2.44. The van der Waals surface area contributed by atoms with E-state index in [4.69, 9.17) is 5.41 Å². The second-order valence-corrected chi connectivity index (χ2v) is 6.00. The van der Waals surface area contributed by atoms with Crippen molar-refractivity contribution in [1.82, 2.24) is 5.32 Å². The summed E-state index contributed by atoms with van der Waals surface area (Å²) in [6, 6.07) is 4.25. The maximum atomic E-state index is 13.6. The zero-order valence-corrected chi connectivity index (χ0v) is 13.2. The molecule has 0 saturated heterocycles. The van der Waals surface area contributed by atoms with Crippen molar-refractivity contribution in [3.05, 3.63) is 34.9 Å². The van der Waals surface area contributed by atoms with Crippen LogP contribution in [0.2, 0.25) is 0 Å². The van der Waals surface area contributed by atoms with Crippen LogP contribution in [0.5, 0.6) is 0 Å². The highest BCUT2D eigenvalue weighted by Gasteiger charge is 2.42. The fraction of sp³-hybridized carbons (Fsp3) is 0.529. The Labute approximate surface area is 129 Å². The predicted octanol–water partition coefficient (Wildman–Crippen LogP) is 4.36. The summed E-state index contributed by atoms with van der Waals surface area (Å²) in [7, 11) is 0. The molecule has 1 aliphatic rings. The first kappa shape index (κ1) is 16.6. The van der Waals surface area contributed by atoms with Gasteiger partial charge in [0.05, 0.1) is 5.54 Å². The number of benzene rings is 1. The molecule has 0 aromatic heterocycles. The fourth-order valence-corrected chi connectivity index (χ4v) is 2.96. The third kappa shape index (κ3) is 2.89. The molecule has 0 spiro atoms. The smallest absolute Gasteiger partial charge is 0.270 e. The topological polar surface area (TPSA) is 53.0 Å². The van der Waals surface area contributed by atoms with Crippen LogP contribution in [0.25, 0.3) is 0 Å². The van der Waals surface area contributed by atoms with Gasteiger partial charge < -0.3 is 10.7 Å². The monoisotopic (exact) mass is 308 g/mol. The van der Waals surface area contributed by atoms with E-state index in [2.05, 4.69) is 5.32 Å². The Kier molecular flexibility index (Phi) is 4.36. The summed E-state index contributed by atoms with van der Waals surface area (Å²) in [4.78, 5) is 12.2. The van der Waals surface area contributed by atoms with Gasteiger partial charge in [-0.05, 0) is 43.4 Å². The summed E-state index contributed by atoms with van der Waals surface area (Å²) in [5.41, 5.74) is 0.995. The third-order valence-electron chi connectivity index (χ3n) is 4.52. The molecule has 1 atom stereocenters. The van der Waals surface area contributed by atoms with E-state index in [0.29, 0.717) is 42.5 Å². The van der Waals surface area contributed by atoms with E-state index in [-0.39, 0.29) is 11.5 Å². The average Bonchev–Trinajstić information content (AvgIpc) is 2.77. The quantitative estimate of drug-likeness (QED) is 0.754. The van der Waals surface area contributed by atoms with Crippen molar-refractivity contribution < 1.29 is 13.6 Å². The molecule has 22 heavy (non-hydrogen) atoms.